The van der Waals surface area contributed by atoms with Gasteiger partial charge >= 0.3 is 0 Å². The number of aliphatic hydroxyl groups is 1. The highest BCUT2D eigenvalue weighted by Gasteiger charge is 2.66. The van der Waals surface area contributed by atoms with E-state index in [0.717, 1.165) is 27.4 Å². The summed E-state index contributed by atoms with van der Waals surface area (Å²) in [6.07, 6.45) is 1.04. The normalized spacial score (nSPS) is 20.1. The Bertz CT molecular complexity index is 2510. The number of amides is 2. The molecule has 2 amide bonds. The summed E-state index contributed by atoms with van der Waals surface area (Å²) in [7, 11) is -0.957. The fourth-order valence-corrected chi connectivity index (χ4v) is 13.4. The van der Waals surface area contributed by atoms with Crippen LogP contribution in [0.4, 0.5) is 5.69 Å². The summed E-state index contributed by atoms with van der Waals surface area (Å²) >= 11 is 0. The molecular formula is C47H48N4O6Si. The summed E-state index contributed by atoms with van der Waals surface area (Å²) in [6, 6.07) is 40.6. The number of benzene rings is 5. The smallest absolute Gasteiger partial charge is 0.279 e. The number of hydrogen-bond acceptors (Lipinski definition) is 7. The molecule has 5 aromatic carbocycles. The number of carbonyl (C=O) groups is 2. The predicted molar refractivity (Wildman–Crippen MR) is 228 cm³/mol. The lowest BCUT2D eigenvalue weighted by atomic mass is 9.82. The molecule has 8 rings (SSSR count). The zero-order valence-electron chi connectivity index (χ0n) is 33.2. The predicted octanol–water partition coefficient (Wildman–Crippen LogP) is 6.57. The lowest BCUT2D eigenvalue weighted by molar-refractivity contribution is -0.150. The first kappa shape index (κ1) is 39.0. The van der Waals surface area contributed by atoms with Gasteiger partial charge in [0.2, 0.25) is 5.91 Å². The van der Waals surface area contributed by atoms with Crippen LogP contribution in [0.2, 0.25) is 18.6 Å². The van der Waals surface area contributed by atoms with Gasteiger partial charge in [-0.25, -0.2) is 0 Å². The van der Waals surface area contributed by atoms with Crippen molar-refractivity contribution >= 4 is 41.5 Å². The molecule has 0 aliphatic carbocycles. The highest BCUT2D eigenvalue weighted by Crippen LogP contribution is 2.60. The van der Waals surface area contributed by atoms with Crippen LogP contribution in [0.1, 0.15) is 30.0 Å². The number of anilines is 1. The molecule has 0 unspecified atom stereocenters. The Kier molecular flexibility index (Phi) is 10.6. The van der Waals surface area contributed by atoms with Crippen LogP contribution in [0.25, 0.3) is 16.5 Å². The van der Waals surface area contributed by atoms with Crippen LogP contribution >= 0.6 is 0 Å². The van der Waals surface area contributed by atoms with Crippen LogP contribution in [0.5, 0.6) is 5.75 Å². The van der Waals surface area contributed by atoms with Crippen LogP contribution in [0.15, 0.2) is 138 Å². The van der Waals surface area contributed by atoms with E-state index >= 15 is 4.79 Å². The highest BCUT2D eigenvalue weighted by atomic mass is 28.3. The van der Waals surface area contributed by atoms with E-state index in [-0.39, 0.29) is 42.5 Å². The summed E-state index contributed by atoms with van der Waals surface area (Å²) in [6.45, 7) is 7.27. The molecule has 0 bridgehead atoms. The summed E-state index contributed by atoms with van der Waals surface area (Å²) in [5, 5.41) is 17.1. The minimum atomic E-state index is -2.60. The molecule has 1 saturated heterocycles. The largest absolute Gasteiger partial charge is 0.497 e. The summed E-state index contributed by atoms with van der Waals surface area (Å²) < 4.78 is 14.2. The second kappa shape index (κ2) is 15.8. The van der Waals surface area contributed by atoms with Crippen molar-refractivity contribution in [1.82, 2.24) is 14.7 Å². The second-order valence-corrected chi connectivity index (χ2v) is 20.6. The van der Waals surface area contributed by atoms with Crippen molar-refractivity contribution in [3.63, 3.8) is 0 Å². The lowest BCUT2D eigenvalue weighted by Crippen LogP contribution is -2.52. The standard InChI is InChI=1S/C47H48N4O6Si/c1-32-44(58(3,4)38-22-20-37(56-2)21-23-38)42(28-43(53)49(25-26-52)30-33-13-7-5-8-14-33)57-47(32)40-27-36(51-45(54)39-18-12-11-17-35(39)29-48-51)19-24-41(40)50(46(47)55)31-34-15-9-6-10-16-34/h5-24,27,29,32,42,44,52H,25-26,28,30-31H2,1-4H3/t32-,42+,44-,47+/m0/s1. The molecule has 2 aliphatic rings. The van der Waals surface area contributed by atoms with Crippen molar-refractivity contribution in [2.75, 3.05) is 25.2 Å². The third-order valence-electron chi connectivity index (χ3n) is 12.3. The Balaban J connectivity index is 1.27. The minimum Gasteiger partial charge on any atom is -0.497 e. The maximum absolute atomic E-state index is 15.5. The average molecular weight is 793 g/mol. The topological polar surface area (TPSA) is 114 Å². The van der Waals surface area contributed by atoms with E-state index in [2.05, 4.69) is 37.2 Å². The molecule has 0 saturated carbocycles. The van der Waals surface area contributed by atoms with Gasteiger partial charge in [0.15, 0.2) is 5.60 Å². The lowest BCUT2D eigenvalue weighted by Gasteiger charge is -2.37. The molecule has 1 fully saturated rings. The third kappa shape index (κ3) is 6.82. The number of aromatic nitrogens is 2. The maximum atomic E-state index is 15.5. The van der Waals surface area contributed by atoms with Gasteiger partial charge in [-0.05, 0) is 53.1 Å². The number of aliphatic hydroxyl groups excluding tert-OH is 1. The summed E-state index contributed by atoms with van der Waals surface area (Å²) in [5.41, 5.74) is 1.80. The average Bonchev–Trinajstić information content (AvgIpc) is 3.67. The first-order chi connectivity index (χ1) is 28.1. The van der Waals surface area contributed by atoms with Crippen molar-refractivity contribution in [1.29, 1.82) is 0 Å². The van der Waals surface area contributed by atoms with E-state index in [0.29, 0.717) is 35.4 Å². The molecule has 4 atom stereocenters. The Hall–Kier alpha value is -5.88. The number of methoxy groups -OCH3 is 1. The molecule has 3 heterocycles. The number of rotatable bonds is 12. The van der Waals surface area contributed by atoms with E-state index in [1.807, 2.05) is 109 Å². The van der Waals surface area contributed by atoms with Crippen molar-refractivity contribution in [3.8, 4) is 11.4 Å². The first-order valence-corrected chi connectivity index (χ1v) is 22.9. The van der Waals surface area contributed by atoms with E-state index in [4.69, 9.17) is 9.47 Å². The minimum absolute atomic E-state index is 0.0167. The molecular weight excluding hydrogens is 745 g/mol. The highest BCUT2D eigenvalue weighted by molar-refractivity contribution is 6.91. The van der Waals surface area contributed by atoms with Gasteiger partial charge in [0, 0.05) is 30.0 Å². The Morgan fingerprint density at radius 1 is 0.897 bits per heavy atom. The zero-order valence-corrected chi connectivity index (χ0v) is 34.2. The Morgan fingerprint density at radius 3 is 2.26 bits per heavy atom. The molecule has 6 aromatic rings. The SMILES string of the molecule is COc1ccc([Si](C)(C)[C@@H]2[C@@H](CC(=O)N(CCO)Cc3ccccc3)O[C@]3(C(=O)N(Cc4ccccc4)c4ccc(-n5ncc6ccccc6c5=O)cc43)[C@H]2C)cc1. The van der Waals surface area contributed by atoms with Gasteiger partial charge in [-0.2, -0.15) is 9.78 Å². The van der Waals surface area contributed by atoms with Crippen molar-refractivity contribution < 1.29 is 24.2 Å². The van der Waals surface area contributed by atoms with Gasteiger partial charge < -0.3 is 24.4 Å². The number of carbonyl (C=O) groups excluding carboxylic acids is 2. The molecule has 1 N–H and O–H groups in total. The second-order valence-electron chi connectivity index (χ2n) is 15.9. The van der Waals surface area contributed by atoms with Crippen LogP contribution in [-0.2, 0) is 33.0 Å². The molecule has 10 nitrogen and oxygen atoms in total. The van der Waals surface area contributed by atoms with Crippen molar-refractivity contribution in [3.05, 3.63) is 161 Å². The number of fused-ring (bicyclic) bond motifs is 3. The fourth-order valence-electron chi connectivity index (χ4n) is 9.35. The van der Waals surface area contributed by atoms with E-state index in [9.17, 15) is 14.7 Å². The Morgan fingerprint density at radius 2 is 1.57 bits per heavy atom. The van der Waals surface area contributed by atoms with Crippen LogP contribution in [-0.4, -0.2) is 66.0 Å². The van der Waals surface area contributed by atoms with Crippen LogP contribution in [0.3, 0.4) is 0 Å². The molecule has 11 heteroatoms. The van der Waals surface area contributed by atoms with E-state index < -0.39 is 25.7 Å². The van der Waals surface area contributed by atoms with Gasteiger partial charge in [0.25, 0.3) is 11.5 Å². The Labute approximate surface area is 339 Å². The molecule has 58 heavy (non-hydrogen) atoms. The first-order valence-electron chi connectivity index (χ1n) is 19.8. The number of ether oxygens (including phenoxy) is 2. The van der Waals surface area contributed by atoms with Gasteiger partial charge in [-0.1, -0.05) is 116 Å². The third-order valence-corrected chi connectivity index (χ3v) is 16.6. The number of hydrogen-bond donors (Lipinski definition) is 1. The monoisotopic (exact) mass is 792 g/mol. The van der Waals surface area contributed by atoms with Crippen molar-refractivity contribution in [2.24, 2.45) is 5.92 Å². The fraction of sp³-hybridized carbons (Fsp3) is 0.277. The van der Waals surface area contributed by atoms with E-state index in [1.54, 1.807) is 29.2 Å². The molecule has 1 aromatic heterocycles. The maximum Gasteiger partial charge on any atom is 0.279 e. The van der Waals surface area contributed by atoms with Crippen LogP contribution in [0, 0.1) is 5.92 Å². The van der Waals surface area contributed by atoms with Crippen LogP contribution < -0.4 is 20.4 Å². The summed E-state index contributed by atoms with van der Waals surface area (Å²) in [4.78, 5) is 47.4. The van der Waals surface area contributed by atoms with Crippen molar-refractivity contribution in [2.45, 2.75) is 56.8 Å². The quantitative estimate of drug-likeness (QED) is 0.140. The van der Waals surface area contributed by atoms with Gasteiger partial charge in [-0.15, -0.1) is 0 Å². The van der Waals surface area contributed by atoms with Gasteiger partial charge in [-0.3, -0.25) is 14.4 Å². The van der Waals surface area contributed by atoms with Gasteiger partial charge in [0.05, 0.1) is 63.8 Å². The van der Waals surface area contributed by atoms with E-state index in [1.165, 1.54) is 4.68 Å². The zero-order chi connectivity index (χ0) is 40.6. The summed E-state index contributed by atoms with van der Waals surface area (Å²) in [5.74, 6) is -0.0115. The molecule has 1 spiro atoms. The molecule has 296 valence electrons. The number of nitrogens with zero attached hydrogens (tertiary/aromatic N) is 4. The molecule has 0 radical (unpaired) electrons. The van der Waals surface area contributed by atoms with Gasteiger partial charge in [0.1, 0.15) is 5.75 Å². The molecule has 2 aliphatic heterocycles.